The van der Waals surface area contributed by atoms with Gasteiger partial charge < -0.3 is 82.1 Å². The SMILES string of the molecule is CCCCCC1c2cc3c4c(CNC(=O)CN)c2OCOc2c1cc1c(c2CNC(=O)CN)OCOc2c(cc5c(c2CNC(=O)CN)OCOc2c(cc(c(c2CNC(=O)CN)OCO4)C3CCCCC)C5CCCCC)C1CCCCC. The fraction of sp³-hybridized carbons (Fsp3) is 0.562. The second kappa shape index (κ2) is 29.2. The van der Waals surface area contributed by atoms with Gasteiger partial charge in [-0.25, -0.2) is 0 Å². The van der Waals surface area contributed by atoms with Crippen molar-refractivity contribution < 1.29 is 57.1 Å². The van der Waals surface area contributed by atoms with Crippen LogP contribution in [0, 0.1) is 0 Å². The molecule has 0 fully saturated rings. The summed E-state index contributed by atoms with van der Waals surface area (Å²) in [5.41, 5.74) is 33.5. The number of nitrogens with two attached hydrogens (primary N) is 4. The van der Waals surface area contributed by atoms with E-state index in [1.807, 2.05) is 0 Å². The van der Waals surface area contributed by atoms with Crippen LogP contribution in [0.15, 0.2) is 24.3 Å². The van der Waals surface area contributed by atoms with Gasteiger partial charge in [0, 0.05) is 68.2 Å². The average Bonchev–Trinajstić information content (AvgIpc) is 1.01. The topological polar surface area (TPSA) is 294 Å². The van der Waals surface area contributed by atoms with Gasteiger partial charge in [0.1, 0.15) is 46.0 Å². The first kappa shape index (κ1) is 61.6. The molecule has 456 valence electrons. The quantitative estimate of drug-likeness (QED) is 0.0249. The summed E-state index contributed by atoms with van der Waals surface area (Å²) in [5, 5.41) is 12.3. The molecule has 0 aromatic heterocycles. The molecule has 0 atom stereocenters. The third kappa shape index (κ3) is 13.1. The van der Waals surface area contributed by atoms with Crippen molar-refractivity contribution >= 4 is 23.6 Å². The van der Waals surface area contributed by atoms with Gasteiger partial charge in [-0.3, -0.25) is 19.2 Å². The van der Waals surface area contributed by atoms with Gasteiger partial charge in [-0.1, -0.05) is 105 Å². The van der Waals surface area contributed by atoms with Gasteiger partial charge in [0.2, 0.25) is 50.8 Å². The summed E-state index contributed by atoms with van der Waals surface area (Å²) in [4.78, 5) is 53.5. The van der Waals surface area contributed by atoms with Gasteiger partial charge in [-0.2, -0.15) is 0 Å². The standard InChI is InChI=1S/C64H88N8O12/c1-5-9-13-17-37-41-21-43-38(18-14-10-6-2)45-23-47-40(20-16-12-8-4)48-24-46-39(19-15-11-7-3)44-22-42(37)58-50(30-70-54(74)26-66)60(44)80-35-82-62(46)52(32-72-56(76)28-68)64(48)84-36-83-63(47)51(31-71-55(75)27-67)61(45)81-34-79-59(43)49(29-69-53(73)25-65)57(41)77-33-78-58/h21-24,37-40H,5-20,25-36,65-68H2,1-4H3,(H,69,73)(H,70,74)(H,71,75)(H,72,76). The van der Waals surface area contributed by atoms with Crippen LogP contribution in [-0.2, 0) is 45.4 Å². The van der Waals surface area contributed by atoms with E-state index in [9.17, 15) is 19.2 Å². The summed E-state index contributed by atoms with van der Waals surface area (Å²) >= 11 is 0. The van der Waals surface area contributed by atoms with E-state index < -0.39 is 23.7 Å². The van der Waals surface area contributed by atoms with Gasteiger partial charge in [-0.05, 0) is 49.9 Å². The lowest BCUT2D eigenvalue weighted by atomic mass is 9.74. The van der Waals surface area contributed by atoms with E-state index in [0.717, 1.165) is 122 Å². The van der Waals surface area contributed by atoms with E-state index >= 15 is 0 Å². The zero-order chi connectivity index (χ0) is 59.3. The molecule has 1 aliphatic carbocycles. The maximum atomic E-state index is 13.4. The molecule has 84 heavy (non-hydrogen) atoms. The molecule has 0 radical (unpaired) electrons. The van der Waals surface area contributed by atoms with Crippen molar-refractivity contribution in [2.45, 2.75) is 180 Å². The van der Waals surface area contributed by atoms with Crippen molar-refractivity contribution in [3.8, 4) is 46.0 Å². The lowest BCUT2D eigenvalue weighted by Crippen LogP contribution is -2.32. The van der Waals surface area contributed by atoms with Crippen LogP contribution in [-0.4, -0.2) is 77.0 Å². The molecule has 8 bridgehead atoms. The molecule has 20 nitrogen and oxygen atoms in total. The molecule has 12 N–H and O–H groups in total. The van der Waals surface area contributed by atoms with Gasteiger partial charge in [0.25, 0.3) is 0 Å². The Morgan fingerprint density at radius 2 is 0.512 bits per heavy atom. The Hall–Kier alpha value is -7.00. The number of hydrogen-bond acceptors (Lipinski definition) is 16. The molecule has 0 saturated heterocycles. The zero-order valence-electron chi connectivity index (χ0n) is 49.6. The van der Waals surface area contributed by atoms with Crippen LogP contribution >= 0.6 is 0 Å². The van der Waals surface area contributed by atoms with Crippen LogP contribution in [0.4, 0.5) is 0 Å². The minimum atomic E-state index is -0.400. The van der Waals surface area contributed by atoms with Gasteiger partial charge in [0.05, 0.1) is 74.6 Å². The molecule has 0 spiro atoms. The number of nitrogens with one attached hydrogen (secondary N) is 4. The summed E-state index contributed by atoms with van der Waals surface area (Å²) in [6, 6.07) is 9.03. The molecule has 4 aromatic rings. The van der Waals surface area contributed by atoms with Crippen LogP contribution in [0.1, 0.15) is 221 Å². The Kier molecular flexibility index (Phi) is 21.4. The lowest BCUT2D eigenvalue weighted by Gasteiger charge is -2.38. The molecular weight excluding hydrogens is 1070 g/mol. The number of unbranched alkanes of at least 4 members (excludes halogenated alkanes) is 8. The summed E-state index contributed by atoms with van der Waals surface area (Å²) in [6.07, 6.45) is 13.6. The van der Waals surface area contributed by atoms with E-state index in [1.165, 1.54) is 0 Å². The largest absolute Gasteiger partial charge is 0.457 e. The van der Waals surface area contributed by atoms with Crippen molar-refractivity contribution in [2.75, 3.05) is 53.4 Å². The second-order valence-electron chi connectivity index (χ2n) is 22.5. The smallest absolute Gasteiger partial charge is 0.234 e. The Balaban J connectivity index is 1.51. The molecule has 9 rings (SSSR count). The molecule has 0 unspecified atom stereocenters. The highest BCUT2D eigenvalue weighted by Gasteiger charge is 2.42. The molecular formula is C64H88N8O12. The molecule has 20 heteroatoms. The number of hydrogen-bond donors (Lipinski definition) is 8. The molecule has 4 aliphatic heterocycles. The van der Waals surface area contributed by atoms with Crippen LogP contribution in [0.3, 0.4) is 0 Å². The number of rotatable bonds is 28. The second-order valence-corrected chi connectivity index (χ2v) is 22.5. The van der Waals surface area contributed by atoms with E-state index in [4.69, 9.17) is 60.8 Å². The maximum absolute atomic E-state index is 13.4. The fourth-order valence-corrected chi connectivity index (χ4v) is 13.0. The zero-order valence-corrected chi connectivity index (χ0v) is 49.6. The Morgan fingerprint density at radius 3 is 0.667 bits per heavy atom. The number of carbonyl (C=O) groups is 4. The molecule has 0 saturated carbocycles. The van der Waals surface area contributed by atoms with E-state index in [-0.39, 0.29) is 103 Å². The lowest BCUT2D eigenvalue weighted by molar-refractivity contribution is -0.120. The number of amides is 4. The van der Waals surface area contributed by atoms with Crippen molar-refractivity contribution in [3.05, 3.63) is 91.0 Å². The van der Waals surface area contributed by atoms with Crippen molar-refractivity contribution in [1.29, 1.82) is 0 Å². The van der Waals surface area contributed by atoms with Crippen LogP contribution in [0.5, 0.6) is 46.0 Å². The van der Waals surface area contributed by atoms with Crippen molar-refractivity contribution in [2.24, 2.45) is 22.9 Å². The minimum absolute atomic E-state index is 0.0146. The third-order valence-electron chi connectivity index (χ3n) is 17.1. The van der Waals surface area contributed by atoms with Crippen molar-refractivity contribution in [3.63, 3.8) is 0 Å². The van der Waals surface area contributed by atoms with E-state index in [2.05, 4.69) is 73.2 Å². The van der Waals surface area contributed by atoms with Gasteiger partial charge in [0.15, 0.2) is 0 Å². The predicted molar refractivity (Wildman–Crippen MR) is 318 cm³/mol. The van der Waals surface area contributed by atoms with Gasteiger partial charge in [-0.15, -0.1) is 0 Å². The Labute approximate surface area is 493 Å². The summed E-state index contributed by atoms with van der Waals surface area (Å²) < 4.78 is 55.6. The molecule has 5 aliphatic rings. The first-order valence-corrected chi connectivity index (χ1v) is 30.7. The summed E-state index contributed by atoms with van der Waals surface area (Å²) in [7, 11) is 0. The van der Waals surface area contributed by atoms with Gasteiger partial charge >= 0.3 is 0 Å². The highest BCUT2D eigenvalue weighted by Crippen LogP contribution is 2.58. The van der Waals surface area contributed by atoms with Crippen LogP contribution in [0.2, 0.25) is 0 Å². The minimum Gasteiger partial charge on any atom is -0.457 e. The predicted octanol–water partition coefficient (Wildman–Crippen LogP) is 8.06. The summed E-state index contributed by atoms with van der Waals surface area (Å²) in [5.74, 6) is 1.09. The maximum Gasteiger partial charge on any atom is 0.234 e. The summed E-state index contributed by atoms with van der Waals surface area (Å²) in [6.45, 7) is 6.80. The third-order valence-corrected chi connectivity index (χ3v) is 17.1. The fourth-order valence-electron chi connectivity index (χ4n) is 13.0. The van der Waals surface area contributed by atoms with Crippen molar-refractivity contribution in [1.82, 2.24) is 21.3 Å². The first-order valence-electron chi connectivity index (χ1n) is 30.7. The average molecular weight is 1160 g/mol. The Bertz CT molecular complexity index is 2500. The van der Waals surface area contributed by atoms with Crippen LogP contribution in [0.25, 0.3) is 0 Å². The molecule has 4 aromatic carbocycles. The number of benzene rings is 4. The molecule has 4 amide bonds. The normalized spacial score (nSPS) is 17.5. The highest BCUT2D eigenvalue weighted by molar-refractivity contribution is 5.80. The van der Waals surface area contributed by atoms with E-state index in [0.29, 0.717) is 93.9 Å². The molecule has 4 heterocycles. The highest BCUT2D eigenvalue weighted by atomic mass is 16.7. The number of ether oxygens (including phenoxy) is 8. The Morgan fingerprint density at radius 1 is 0.333 bits per heavy atom. The van der Waals surface area contributed by atoms with E-state index in [1.54, 1.807) is 0 Å². The number of carbonyl (C=O) groups excluding carboxylic acids is 4. The monoisotopic (exact) mass is 1160 g/mol. The first-order chi connectivity index (χ1) is 41.0. The van der Waals surface area contributed by atoms with Crippen LogP contribution < -0.4 is 82.1 Å².